The number of hydrogen-bond donors (Lipinski definition) is 1. The molecule has 1 heterocycles. The first-order chi connectivity index (χ1) is 10.6. The van der Waals surface area contributed by atoms with Crippen LogP contribution in [0.1, 0.15) is 15.9 Å². The van der Waals surface area contributed by atoms with Crippen LogP contribution in [0.25, 0.3) is 5.57 Å². The third-order valence-electron chi connectivity index (χ3n) is 3.41. The Labute approximate surface area is 132 Å². The number of rotatable bonds is 3. The molecule has 1 amide bonds. The van der Waals surface area contributed by atoms with E-state index in [0.29, 0.717) is 27.6 Å². The summed E-state index contributed by atoms with van der Waals surface area (Å²) >= 11 is 6.14. The molecule has 0 saturated heterocycles. The minimum absolute atomic E-state index is 0.272. The summed E-state index contributed by atoms with van der Waals surface area (Å²) in [6, 6.07) is 11.9. The third-order valence-corrected chi connectivity index (χ3v) is 3.72. The maximum Gasteiger partial charge on any atom is 0.256 e. The van der Waals surface area contributed by atoms with Gasteiger partial charge in [0.1, 0.15) is 5.75 Å². The summed E-state index contributed by atoms with van der Waals surface area (Å²) in [5.41, 5.74) is 1.89. The topological polar surface area (TPSA) is 55.4 Å². The highest BCUT2D eigenvalue weighted by Gasteiger charge is 2.27. The largest absolute Gasteiger partial charge is 0.497 e. The first kappa shape index (κ1) is 14.4. The van der Waals surface area contributed by atoms with Gasteiger partial charge in [-0.2, -0.15) is 0 Å². The van der Waals surface area contributed by atoms with Crippen LogP contribution in [0.3, 0.4) is 0 Å². The quantitative estimate of drug-likeness (QED) is 0.696. The molecule has 0 saturated carbocycles. The summed E-state index contributed by atoms with van der Waals surface area (Å²) < 4.78 is 5.10. The smallest absolute Gasteiger partial charge is 0.256 e. The van der Waals surface area contributed by atoms with Crippen molar-refractivity contribution < 1.29 is 14.3 Å². The predicted molar refractivity (Wildman–Crippen MR) is 85.4 cm³/mol. The molecule has 4 nitrogen and oxygen atoms in total. The Balaban J connectivity index is 2.02. The van der Waals surface area contributed by atoms with Gasteiger partial charge in [0.2, 0.25) is 0 Å². The van der Waals surface area contributed by atoms with E-state index in [0.717, 1.165) is 0 Å². The first-order valence-electron chi connectivity index (χ1n) is 6.60. The lowest BCUT2D eigenvalue weighted by molar-refractivity contribution is -0.110. The lowest BCUT2D eigenvalue weighted by atomic mass is 10.0. The Kier molecular flexibility index (Phi) is 3.69. The molecular weight excluding hydrogens is 302 g/mol. The van der Waals surface area contributed by atoms with Crippen molar-refractivity contribution in [2.75, 3.05) is 12.4 Å². The van der Waals surface area contributed by atoms with E-state index in [9.17, 15) is 9.59 Å². The van der Waals surface area contributed by atoms with E-state index >= 15 is 0 Å². The van der Waals surface area contributed by atoms with E-state index in [-0.39, 0.29) is 17.3 Å². The number of ketones is 1. The number of nitrogens with one attached hydrogen (secondary N) is 1. The molecular formula is C17H12ClNO3. The zero-order chi connectivity index (χ0) is 15.7. The molecule has 0 unspecified atom stereocenters. The van der Waals surface area contributed by atoms with Crippen LogP contribution in [-0.2, 0) is 4.79 Å². The van der Waals surface area contributed by atoms with Crippen molar-refractivity contribution in [2.24, 2.45) is 0 Å². The van der Waals surface area contributed by atoms with Crippen molar-refractivity contribution in [3.05, 3.63) is 64.7 Å². The molecule has 2 aromatic carbocycles. The van der Waals surface area contributed by atoms with Gasteiger partial charge in [-0.1, -0.05) is 29.8 Å². The van der Waals surface area contributed by atoms with Crippen LogP contribution in [0.15, 0.2) is 48.5 Å². The Morgan fingerprint density at radius 1 is 1.23 bits per heavy atom. The molecule has 0 spiro atoms. The second-order valence-electron chi connectivity index (χ2n) is 4.77. The number of anilines is 1. The van der Waals surface area contributed by atoms with Crippen molar-refractivity contribution in [3.8, 4) is 5.75 Å². The van der Waals surface area contributed by atoms with Crippen LogP contribution < -0.4 is 10.1 Å². The van der Waals surface area contributed by atoms with Gasteiger partial charge < -0.3 is 10.1 Å². The van der Waals surface area contributed by atoms with Gasteiger partial charge in [-0.05, 0) is 30.3 Å². The fourth-order valence-electron chi connectivity index (χ4n) is 2.33. The van der Waals surface area contributed by atoms with Crippen LogP contribution in [0.5, 0.6) is 5.75 Å². The summed E-state index contributed by atoms with van der Waals surface area (Å²) in [4.78, 5) is 24.4. The van der Waals surface area contributed by atoms with E-state index in [4.69, 9.17) is 16.3 Å². The van der Waals surface area contributed by atoms with E-state index in [1.807, 2.05) is 0 Å². The van der Waals surface area contributed by atoms with Gasteiger partial charge in [0, 0.05) is 11.1 Å². The Hall–Kier alpha value is -2.59. The van der Waals surface area contributed by atoms with E-state index < -0.39 is 0 Å². The molecule has 1 N–H and O–H groups in total. The number of methoxy groups -OCH3 is 1. The molecule has 22 heavy (non-hydrogen) atoms. The molecule has 1 aliphatic rings. The number of fused-ring (bicyclic) bond motifs is 1. The molecule has 5 heteroatoms. The van der Waals surface area contributed by atoms with Gasteiger partial charge in [0.05, 0.1) is 23.4 Å². The number of allylic oxidation sites excluding steroid dienone is 1. The fourth-order valence-corrected chi connectivity index (χ4v) is 2.61. The highest BCUT2D eigenvalue weighted by Crippen LogP contribution is 2.37. The van der Waals surface area contributed by atoms with Gasteiger partial charge in [0.25, 0.3) is 5.91 Å². The predicted octanol–water partition coefficient (Wildman–Crippen LogP) is 3.57. The van der Waals surface area contributed by atoms with Crippen LogP contribution in [0, 0.1) is 0 Å². The summed E-state index contributed by atoms with van der Waals surface area (Å²) in [6.45, 7) is 0. The lowest BCUT2D eigenvalue weighted by Crippen LogP contribution is -2.06. The molecule has 0 fully saturated rings. The van der Waals surface area contributed by atoms with Gasteiger partial charge in [-0.25, -0.2) is 0 Å². The summed E-state index contributed by atoms with van der Waals surface area (Å²) in [7, 11) is 1.53. The highest BCUT2D eigenvalue weighted by atomic mass is 35.5. The van der Waals surface area contributed by atoms with Crippen LogP contribution in [0.2, 0.25) is 5.02 Å². The maximum absolute atomic E-state index is 12.4. The molecule has 0 aliphatic carbocycles. The van der Waals surface area contributed by atoms with Crippen molar-refractivity contribution in [3.63, 3.8) is 0 Å². The highest BCUT2D eigenvalue weighted by molar-refractivity contribution is 6.41. The Morgan fingerprint density at radius 3 is 2.77 bits per heavy atom. The number of amides is 1. The molecule has 0 bridgehead atoms. The van der Waals surface area contributed by atoms with Gasteiger partial charge in [0.15, 0.2) is 5.78 Å². The van der Waals surface area contributed by atoms with Crippen LogP contribution in [0.4, 0.5) is 5.69 Å². The minimum atomic E-state index is -0.334. The Morgan fingerprint density at radius 2 is 2.00 bits per heavy atom. The SMILES string of the molecule is COc1cccc(C(=O)/C=C2/C(=O)Nc3cccc(Cl)c32)c1. The van der Waals surface area contributed by atoms with Crippen LogP contribution >= 0.6 is 11.6 Å². The average Bonchev–Trinajstić information content (AvgIpc) is 2.84. The third kappa shape index (κ3) is 2.49. The standard InChI is InChI=1S/C17H12ClNO3/c1-22-11-5-2-4-10(8-11)15(20)9-12-16-13(18)6-3-7-14(16)19-17(12)21/h2-9H,1H3,(H,19,21)/b12-9+. The zero-order valence-electron chi connectivity index (χ0n) is 11.7. The van der Waals surface area contributed by atoms with E-state index in [1.54, 1.807) is 42.5 Å². The van der Waals surface area contributed by atoms with Crippen molar-refractivity contribution in [2.45, 2.75) is 0 Å². The van der Waals surface area contributed by atoms with Crippen LogP contribution in [-0.4, -0.2) is 18.8 Å². The minimum Gasteiger partial charge on any atom is -0.497 e. The van der Waals surface area contributed by atoms with Crippen molar-refractivity contribution in [1.82, 2.24) is 0 Å². The molecule has 2 aromatic rings. The van der Waals surface area contributed by atoms with Gasteiger partial charge >= 0.3 is 0 Å². The van der Waals surface area contributed by atoms with Gasteiger partial charge in [-0.15, -0.1) is 0 Å². The monoisotopic (exact) mass is 313 g/mol. The molecule has 1 aliphatic heterocycles. The molecule has 0 aromatic heterocycles. The molecule has 0 radical (unpaired) electrons. The number of carbonyl (C=O) groups excluding carboxylic acids is 2. The van der Waals surface area contributed by atoms with Gasteiger partial charge in [-0.3, -0.25) is 9.59 Å². The van der Waals surface area contributed by atoms with E-state index in [1.165, 1.54) is 13.2 Å². The number of hydrogen-bond acceptors (Lipinski definition) is 3. The van der Waals surface area contributed by atoms with Crippen molar-refractivity contribution >= 4 is 34.6 Å². The fraction of sp³-hybridized carbons (Fsp3) is 0.0588. The Bertz CT molecular complexity index is 811. The summed E-state index contributed by atoms with van der Waals surface area (Å²) in [5.74, 6) is -0.0327. The normalized spacial score (nSPS) is 14.6. The number of halogens is 1. The average molecular weight is 314 g/mol. The maximum atomic E-state index is 12.4. The number of ether oxygens (including phenoxy) is 1. The molecule has 0 atom stereocenters. The van der Waals surface area contributed by atoms with E-state index in [2.05, 4.69) is 5.32 Å². The summed E-state index contributed by atoms with van der Waals surface area (Å²) in [5, 5.41) is 3.13. The lowest BCUT2D eigenvalue weighted by Gasteiger charge is -2.03. The first-order valence-corrected chi connectivity index (χ1v) is 6.98. The zero-order valence-corrected chi connectivity index (χ0v) is 12.5. The molecule has 3 rings (SSSR count). The van der Waals surface area contributed by atoms with Crippen molar-refractivity contribution in [1.29, 1.82) is 0 Å². The second kappa shape index (κ2) is 5.66. The number of benzene rings is 2. The summed E-state index contributed by atoms with van der Waals surface area (Å²) in [6.07, 6.45) is 1.31. The second-order valence-corrected chi connectivity index (χ2v) is 5.18. The number of carbonyl (C=O) groups is 2. The molecule has 110 valence electrons.